The molecular weight excluding hydrogens is 336 g/mol. The number of ketones is 1. The monoisotopic (exact) mass is 364 g/mol. The molecule has 1 aliphatic rings. The Morgan fingerprint density at radius 2 is 1.80 bits per heavy atom. The summed E-state index contributed by atoms with van der Waals surface area (Å²) in [6.07, 6.45) is 2.75. The van der Waals surface area contributed by atoms with Crippen LogP contribution in [0.4, 0.5) is 0 Å². The molecule has 1 fully saturated rings. The van der Waals surface area contributed by atoms with Crippen molar-refractivity contribution in [3.8, 4) is 0 Å². The molecule has 0 saturated carbocycles. The normalized spacial score (nSPS) is 16.2. The van der Waals surface area contributed by atoms with Crippen LogP contribution in [0.1, 0.15) is 49.9 Å². The summed E-state index contributed by atoms with van der Waals surface area (Å²) in [5, 5.41) is 3.60. The zero-order chi connectivity index (χ0) is 18.2. The molecule has 1 aliphatic heterocycles. The van der Waals surface area contributed by atoms with Gasteiger partial charge in [0, 0.05) is 36.5 Å². The maximum atomic E-state index is 12.1. The predicted molar refractivity (Wildman–Crippen MR) is 102 cm³/mol. The first-order valence-electron chi connectivity index (χ1n) is 9.22. The van der Waals surface area contributed by atoms with E-state index in [-0.39, 0.29) is 24.5 Å². The van der Waals surface area contributed by atoms with Crippen LogP contribution < -0.4 is 5.32 Å². The highest BCUT2D eigenvalue weighted by Crippen LogP contribution is 2.17. The van der Waals surface area contributed by atoms with Crippen LogP contribution in [0.15, 0.2) is 24.3 Å². The van der Waals surface area contributed by atoms with Crippen molar-refractivity contribution in [1.82, 2.24) is 10.2 Å². The van der Waals surface area contributed by atoms with E-state index in [0.29, 0.717) is 22.4 Å². The smallest absolute Gasteiger partial charge is 0.220 e. The molecule has 0 radical (unpaired) electrons. The summed E-state index contributed by atoms with van der Waals surface area (Å²) < 4.78 is 0. The fraction of sp³-hybridized carbons (Fsp3) is 0.600. The molecule has 0 unspecified atom stereocenters. The van der Waals surface area contributed by atoms with Gasteiger partial charge in [-0.3, -0.25) is 9.59 Å². The van der Waals surface area contributed by atoms with Crippen molar-refractivity contribution in [1.29, 1.82) is 0 Å². The van der Waals surface area contributed by atoms with Crippen LogP contribution in [0.2, 0.25) is 5.02 Å². The van der Waals surface area contributed by atoms with Crippen LogP contribution in [0, 0.1) is 11.8 Å². The molecule has 1 aromatic carbocycles. The number of nitrogens with one attached hydrogen (secondary N) is 1. The zero-order valence-corrected chi connectivity index (χ0v) is 16.0. The summed E-state index contributed by atoms with van der Waals surface area (Å²) >= 11 is 5.81. The van der Waals surface area contributed by atoms with Gasteiger partial charge in [-0.2, -0.15) is 0 Å². The molecule has 0 aromatic heterocycles. The Morgan fingerprint density at radius 1 is 1.16 bits per heavy atom. The van der Waals surface area contributed by atoms with Gasteiger partial charge in [-0.05, 0) is 62.0 Å². The minimum atomic E-state index is -0.0353. The standard InChI is InChI=1S/C20H29ClN2O2/c1-15(2)14-23-11-9-16(10-12-23)13-22-20(25)8-7-19(24)17-3-5-18(21)6-4-17/h3-6,15-16H,7-14H2,1-2H3,(H,22,25). The maximum absolute atomic E-state index is 12.1. The Bertz CT molecular complexity index is 564. The molecule has 0 aliphatic carbocycles. The second kappa shape index (κ2) is 9.93. The molecule has 1 heterocycles. The minimum Gasteiger partial charge on any atom is -0.356 e. The molecule has 0 bridgehead atoms. The zero-order valence-electron chi connectivity index (χ0n) is 15.3. The summed E-state index contributed by atoms with van der Waals surface area (Å²) in [5.74, 6) is 1.20. The minimum absolute atomic E-state index is 0.0196. The topological polar surface area (TPSA) is 49.4 Å². The van der Waals surface area contributed by atoms with Crippen molar-refractivity contribution in [2.45, 2.75) is 39.5 Å². The van der Waals surface area contributed by atoms with E-state index in [1.54, 1.807) is 24.3 Å². The number of nitrogens with zero attached hydrogens (tertiary/aromatic N) is 1. The van der Waals surface area contributed by atoms with Crippen LogP contribution in [0.3, 0.4) is 0 Å². The van der Waals surface area contributed by atoms with Crippen LogP contribution in [-0.2, 0) is 4.79 Å². The number of piperidine rings is 1. The van der Waals surface area contributed by atoms with Gasteiger partial charge in [0.15, 0.2) is 5.78 Å². The van der Waals surface area contributed by atoms with E-state index < -0.39 is 0 Å². The van der Waals surface area contributed by atoms with Crippen molar-refractivity contribution in [2.75, 3.05) is 26.2 Å². The summed E-state index contributed by atoms with van der Waals surface area (Å²) in [5.41, 5.74) is 0.606. The lowest BCUT2D eigenvalue weighted by Gasteiger charge is -2.33. The molecule has 0 spiro atoms. The number of carbonyl (C=O) groups excluding carboxylic acids is 2. The number of benzene rings is 1. The Hall–Kier alpha value is -1.39. The van der Waals surface area contributed by atoms with Gasteiger partial charge in [-0.15, -0.1) is 0 Å². The molecule has 5 heteroatoms. The van der Waals surface area contributed by atoms with Gasteiger partial charge in [0.2, 0.25) is 5.91 Å². The van der Waals surface area contributed by atoms with Gasteiger partial charge in [-0.25, -0.2) is 0 Å². The van der Waals surface area contributed by atoms with Crippen molar-refractivity contribution in [3.63, 3.8) is 0 Å². The third-order valence-corrected chi connectivity index (χ3v) is 4.92. The molecule has 4 nitrogen and oxygen atoms in total. The summed E-state index contributed by atoms with van der Waals surface area (Å²) in [6.45, 7) is 8.62. The average molecular weight is 365 g/mol. The Morgan fingerprint density at radius 3 is 2.40 bits per heavy atom. The van der Waals surface area contributed by atoms with Crippen LogP contribution in [-0.4, -0.2) is 42.8 Å². The molecule has 1 amide bonds. The highest BCUT2D eigenvalue weighted by molar-refractivity contribution is 6.30. The van der Waals surface area contributed by atoms with E-state index in [2.05, 4.69) is 24.1 Å². The van der Waals surface area contributed by atoms with Crippen molar-refractivity contribution in [2.24, 2.45) is 11.8 Å². The van der Waals surface area contributed by atoms with Gasteiger partial charge in [0.1, 0.15) is 0 Å². The first-order valence-corrected chi connectivity index (χ1v) is 9.59. The highest BCUT2D eigenvalue weighted by atomic mass is 35.5. The summed E-state index contributed by atoms with van der Waals surface area (Å²) in [7, 11) is 0. The number of halogens is 1. The first kappa shape index (κ1) is 19.9. The van der Waals surface area contributed by atoms with Gasteiger partial charge in [0.25, 0.3) is 0 Å². The molecule has 25 heavy (non-hydrogen) atoms. The highest BCUT2D eigenvalue weighted by Gasteiger charge is 2.20. The lowest BCUT2D eigenvalue weighted by molar-refractivity contribution is -0.121. The number of hydrogen-bond donors (Lipinski definition) is 1. The first-order chi connectivity index (χ1) is 11.9. The van der Waals surface area contributed by atoms with Crippen molar-refractivity contribution >= 4 is 23.3 Å². The fourth-order valence-electron chi connectivity index (χ4n) is 3.24. The summed E-state index contributed by atoms with van der Waals surface area (Å²) in [6, 6.07) is 6.79. The average Bonchev–Trinajstić information content (AvgIpc) is 2.59. The number of hydrogen-bond acceptors (Lipinski definition) is 3. The predicted octanol–water partition coefficient (Wildman–Crippen LogP) is 3.79. The van der Waals surface area contributed by atoms with E-state index in [0.717, 1.165) is 39.0 Å². The molecule has 2 rings (SSSR count). The van der Waals surface area contributed by atoms with E-state index >= 15 is 0 Å². The largest absolute Gasteiger partial charge is 0.356 e. The van der Waals surface area contributed by atoms with E-state index in [4.69, 9.17) is 11.6 Å². The van der Waals surface area contributed by atoms with Gasteiger partial charge in [-0.1, -0.05) is 25.4 Å². The number of carbonyl (C=O) groups is 2. The van der Waals surface area contributed by atoms with Crippen LogP contribution in [0.25, 0.3) is 0 Å². The van der Waals surface area contributed by atoms with E-state index in [1.807, 2.05) is 0 Å². The Labute approximate surface area is 155 Å². The number of Topliss-reactive ketones (excluding diaryl/α,β-unsaturated/α-hetero) is 1. The molecule has 0 atom stereocenters. The molecule has 138 valence electrons. The maximum Gasteiger partial charge on any atom is 0.220 e. The third-order valence-electron chi connectivity index (χ3n) is 4.66. The van der Waals surface area contributed by atoms with Gasteiger partial charge >= 0.3 is 0 Å². The lowest BCUT2D eigenvalue weighted by Crippen LogP contribution is -2.40. The molecular formula is C20H29ClN2O2. The third kappa shape index (κ3) is 7.17. The summed E-state index contributed by atoms with van der Waals surface area (Å²) in [4.78, 5) is 26.6. The molecule has 1 aromatic rings. The lowest BCUT2D eigenvalue weighted by atomic mass is 9.96. The second-order valence-corrected chi connectivity index (χ2v) is 7.81. The Balaban J connectivity index is 1.63. The van der Waals surface area contributed by atoms with Crippen molar-refractivity contribution < 1.29 is 9.59 Å². The number of likely N-dealkylation sites (tertiary alicyclic amines) is 1. The van der Waals surface area contributed by atoms with E-state index in [9.17, 15) is 9.59 Å². The number of rotatable bonds is 8. The van der Waals surface area contributed by atoms with Crippen LogP contribution in [0.5, 0.6) is 0 Å². The molecule has 1 saturated heterocycles. The van der Waals surface area contributed by atoms with Gasteiger partial charge < -0.3 is 10.2 Å². The fourth-order valence-corrected chi connectivity index (χ4v) is 3.37. The SMILES string of the molecule is CC(C)CN1CCC(CNC(=O)CCC(=O)c2ccc(Cl)cc2)CC1. The number of amides is 1. The second-order valence-electron chi connectivity index (χ2n) is 7.37. The van der Waals surface area contributed by atoms with E-state index in [1.165, 1.54) is 0 Å². The quantitative estimate of drug-likeness (QED) is 0.714. The van der Waals surface area contributed by atoms with Crippen molar-refractivity contribution in [3.05, 3.63) is 34.9 Å². The molecule has 1 N–H and O–H groups in total. The Kier molecular flexibility index (Phi) is 7.91. The van der Waals surface area contributed by atoms with Gasteiger partial charge in [0.05, 0.1) is 0 Å². The van der Waals surface area contributed by atoms with Crippen LogP contribution >= 0.6 is 11.6 Å².